The van der Waals surface area contributed by atoms with E-state index in [9.17, 15) is 14.4 Å². The van der Waals surface area contributed by atoms with Crippen LogP contribution in [0.3, 0.4) is 0 Å². The van der Waals surface area contributed by atoms with Crippen molar-refractivity contribution in [1.82, 2.24) is 10.6 Å². The van der Waals surface area contributed by atoms with Gasteiger partial charge in [0.15, 0.2) is 11.5 Å². The van der Waals surface area contributed by atoms with Crippen LogP contribution >= 0.6 is 11.6 Å². The highest BCUT2D eigenvalue weighted by Gasteiger charge is 2.20. The van der Waals surface area contributed by atoms with Gasteiger partial charge in [-0.15, -0.1) is 0 Å². The zero-order valence-electron chi connectivity index (χ0n) is 18.5. The molecule has 11 heteroatoms. The Bertz CT molecular complexity index is 1040. The number of nitrogens with zero attached hydrogens (tertiary/aromatic N) is 1. The molecule has 2 aromatic carbocycles. The number of hydrogen-bond donors (Lipinski definition) is 3. The molecule has 0 bridgehead atoms. The molecule has 10 nitrogen and oxygen atoms in total. The van der Waals surface area contributed by atoms with Crippen LogP contribution in [0.5, 0.6) is 17.2 Å². The molecule has 0 unspecified atom stereocenters. The first-order valence-corrected chi connectivity index (χ1v) is 10.4. The van der Waals surface area contributed by atoms with Crippen LogP contribution in [0.25, 0.3) is 0 Å². The molecule has 0 radical (unpaired) electrons. The van der Waals surface area contributed by atoms with Crippen LogP contribution in [0, 0.1) is 0 Å². The summed E-state index contributed by atoms with van der Waals surface area (Å²) in [6.07, 6.45) is 0. The average Bonchev–Trinajstić information content (AvgIpc) is 2.81. The fourth-order valence-electron chi connectivity index (χ4n) is 3.37. The second-order valence-corrected chi connectivity index (χ2v) is 7.49. The van der Waals surface area contributed by atoms with Gasteiger partial charge in [-0.1, -0.05) is 11.6 Å². The van der Waals surface area contributed by atoms with E-state index in [1.807, 2.05) is 4.90 Å². The number of carbonyl (C=O) groups excluding carboxylic acids is 3. The highest BCUT2D eigenvalue weighted by atomic mass is 35.5. The van der Waals surface area contributed by atoms with Crippen molar-refractivity contribution in [2.45, 2.75) is 0 Å². The van der Waals surface area contributed by atoms with E-state index >= 15 is 0 Å². The quantitative estimate of drug-likeness (QED) is 0.530. The minimum atomic E-state index is -0.485. The molecule has 3 N–H and O–H groups in total. The number of benzene rings is 2. The van der Waals surface area contributed by atoms with Gasteiger partial charge in [0.2, 0.25) is 17.6 Å². The van der Waals surface area contributed by atoms with Crippen molar-refractivity contribution in [2.75, 3.05) is 57.7 Å². The van der Waals surface area contributed by atoms with Crippen LogP contribution < -0.4 is 35.1 Å². The van der Waals surface area contributed by atoms with E-state index in [1.54, 1.807) is 18.2 Å². The van der Waals surface area contributed by atoms with Gasteiger partial charge in [-0.2, -0.15) is 0 Å². The van der Waals surface area contributed by atoms with Crippen LogP contribution in [-0.2, 0) is 9.59 Å². The second-order valence-electron chi connectivity index (χ2n) is 7.08. The van der Waals surface area contributed by atoms with Crippen molar-refractivity contribution in [3.05, 3.63) is 40.9 Å². The number of amides is 3. The summed E-state index contributed by atoms with van der Waals surface area (Å²) in [6, 6.07) is 8.02. The van der Waals surface area contributed by atoms with Gasteiger partial charge in [0.25, 0.3) is 5.91 Å². The zero-order valence-corrected chi connectivity index (χ0v) is 19.2. The molecule has 0 spiro atoms. The predicted octanol–water partition coefficient (Wildman–Crippen LogP) is 1.67. The highest BCUT2D eigenvalue weighted by Crippen LogP contribution is 2.38. The van der Waals surface area contributed by atoms with Gasteiger partial charge < -0.3 is 35.1 Å². The summed E-state index contributed by atoms with van der Waals surface area (Å²) in [7, 11) is 4.36. The number of carbonyl (C=O) groups is 3. The number of piperazine rings is 1. The maximum atomic E-state index is 12.5. The van der Waals surface area contributed by atoms with Gasteiger partial charge in [-0.25, -0.2) is 0 Å². The first-order valence-electron chi connectivity index (χ1n) is 10.1. The van der Waals surface area contributed by atoms with Crippen LogP contribution in [0.15, 0.2) is 30.3 Å². The molecule has 1 heterocycles. The summed E-state index contributed by atoms with van der Waals surface area (Å²) in [5.41, 5.74) is 1.42. The number of hydrogen-bond acceptors (Lipinski definition) is 7. The van der Waals surface area contributed by atoms with E-state index in [2.05, 4.69) is 16.0 Å². The zero-order chi connectivity index (χ0) is 24.0. The van der Waals surface area contributed by atoms with Gasteiger partial charge >= 0.3 is 0 Å². The minimum absolute atomic E-state index is 0.0717. The predicted molar refractivity (Wildman–Crippen MR) is 124 cm³/mol. The van der Waals surface area contributed by atoms with Crippen molar-refractivity contribution in [1.29, 1.82) is 0 Å². The van der Waals surface area contributed by atoms with Gasteiger partial charge in [0.1, 0.15) is 0 Å². The number of halogens is 1. The molecule has 0 aromatic heterocycles. The Hall–Kier alpha value is -3.66. The third-order valence-electron chi connectivity index (χ3n) is 4.95. The molecule has 176 valence electrons. The Kier molecular flexibility index (Phi) is 7.83. The van der Waals surface area contributed by atoms with E-state index in [-0.39, 0.29) is 24.6 Å². The van der Waals surface area contributed by atoms with Crippen LogP contribution in [0.2, 0.25) is 5.02 Å². The van der Waals surface area contributed by atoms with Crippen molar-refractivity contribution < 1.29 is 28.6 Å². The molecule has 2 aromatic rings. The topological polar surface area (TPSA) is 118 Å². The molecule has 3 rings (SSSR count). The minimum Gasteiger partial charge on any atom is -0.493 e. The summed E-state index contributed by atoms with van der Waals surface area (Å²) in [5.74, 6) is 0.0233. The molecule has 33 heavy (non-hydrogen) atoms. The third kappa shape index (κ3) is 5.78. The molecular formula is C22H25ClN4O6. The monoisotopic (exact) mass is 476 g/mol. The molecule has 0 aliphatic carbocycles. The molecule has 1 fully saturated rings. The number of ether oxygens (including phenoxy) is 3. The highest BCUT2D eigenvalue weighted by molar-refractivity contribution is 6.33. The van der Waals surface area contributed by atoms with Crippen molar-refractivity contribution in [3.63, 3.8) is 0 Å². The van der Waals surface area contributed by atoms with E-state index in [4.69, 9.17) is 25.8 Å². The maximum absolute atomic E-state index is 12.5. The lowest BCUT2D eigenvalue weighted by molar-refractivity contribution is -0.120. The Morgan fingerprint density at radius 2 is 1.79 bits per heavy atom. The molecule has 0 saturated carbocycles. The molecular weight excluding hydrogens is 452 g/mol. The lowest BCUT2D eigenvalue weighted by Crippen LogP contribution is -2.47. The van der Waals surface area contributed by atoms with E-state index in [0.29, 0.717) is 46.7 Å². The maximum Gasteiger partial charge on any atom is 0.251 e. The fourth-order valence-corrected chi connectivity index (χ4v) is 3.67. The summed E-state index contributed by atoms with van der Waals surface area (Å²) < 4.78 is 15.7. The summed E-state index contributed by atoms with van der Waals surface area (Å²) >= 11 is 6.35. The first kappa shape index (κ1) is 24.0. The van der Waals surface area contributed by atoms with E-state index in [1.165, 1.54) is 33.5 Å². The Balaban J connectivity index is 1.61. The van der Waals surface area contributed by atoms with E-state index < -0.39 is 11.8 Å². The van der Waals surface area contributed by atoms with Gasteiger partial charge in [0, 0.05) is 24.3 Å². The summed E-state index contributed by atoms with van der Waals surface area (Å²) in [5, 5.41) is 8.40. The normalized spacial score (nSPS) is 13.1. The number of rotatable bonds is 8. The van der Waals surface area contributed by atoms with Gasteiger partial charge in [0.05, 0.1) is 45.1 Å². The van der Waals surface area contributed by atoms with E-state index in [0.717, 1.165) is 0 Å². The fraction of sp³-hybridized carbons (Fsp3) is 0.318. The SMILES string of the molecule is COc1cc(C(=O)NCC(=O)Nc2ccc(N3CCNC(=O)C3)c(Cl)c2)cc(OC)c1OC. The summed E-state index contributed by atoms with van der Waals surface area (Å²) in [4.78, 5) is 38.3. The van der Waals surface area contributed by atoms with Gasteiger partial charge in [-0.3, -0.25) is 14.4 Å². The van der Waals surface area contributed by atoms with Crippen LogP contribution in [-0.4, -0.2) is 65.2 Å². The molecule has 3 amide bonds. The van der Waals surface area contributed by atoms with Crippen LogP contribution in [0.4, 0.5) is 11.4 Å². The standard InChI is InChI=1S/C22H25ClN4O6/c1-31-17-8-13(9-18(32-2)21(17)33-3)22(30)25-11-19(28)26-14-4-5-16(15(23)10-14)27-7-6-24-20(29)12-27/h4-5,8-10H,6-7,11-12H2,1-3H3,(H,24,29)(H,25,30)(H,26,28). The molecule has 0 atom stereocenters. The Morgan fingerprint density at radius 3 is 2.36 bits per heavy atom. The molecule has 1 saturated heterocycles. The number of methoxy groups -OCH3 is 3. The van der Waals surface area contributed by atoms with Gasteiger partial charge in [-0.05, 0) is 30.3 Å². The van der Waals surface area contributed by atoms with Crippen LogP contribution in [0.1, 0.15) is 10.4 Å². The summed E-state index contributed by atoms with van der Waals surface area (Å²) in [6.45, 7) is 1.14. The van der Waals surface area contributed by atoms with Crippen molar-refractivity contribution in [2.24, 2.45) is 0 Å². The number of nitrogens with one attached hydrogen (secondary N) is 3. The third-order valence-corrected chi connectivity index (χ3v) is 5.25. The smallest absolute Gasteiger partial charge is 0.251 e. The van der Waals surface area contributed by atoms with Crippen molar-refractivity contribution >= 4 is 40.7 Å². The second kappa shape index (κ2) is 10.8. The lowest BCUT2D eigenvalue weighted by Gasteiger charge is -2.29. The average molecular weight is 477 g/mol. The number of anilines is 2. The largest absolute Gasteiger partial charge is 0.493 e. The molecule has 1 aliphatic rings. The Labute approximate surface area is 196 Å². The van der Waals surface area contributed by atoms with Crippen molar-refractivity contribution in [3.8, 4) is 17.2 Å². The molecule has 1 aliphatic heterocycles. The first-order chi connectivity index (χ1) is 15.9. The lowest BCUT2D eigenvalue weighted by atomic mass is 10.1. The Morgan fingerprint density at radius 1 is 1.09 bits per heavy atom.